The van der Waals surface area contributed by atoms with Crippen LogP contribution in [0.5, 0.6) is 0 Å². The Bertz CT molecular complexity index is 1240. The van der Waals surface area contributed by atoms with Crippen molar-refractivity contribution in [1.29, 1.82) is 0 Å². The van der Waals surface area contributed by atoms with Gasteiger partial charge in [-0.05, 0) is 49.2 Å². The third kappa shape index (κ3) is 5.32. The van der Waals surface area contributed by atoms with Gasteiger partial charge in [0.25, 0.3) is 0 Å². The number of ether oxygens (including phenoxy) is 2. The number of aliphatic hydroxyl groups is 3. The number of esters is 1. The largest absolute Gasteiger partial charge is 0.455 e. The topological polar surface area (TPSA) is 123 Å². The maximum atomic E-state index is 14.4. The van der Waals surface area contributed by atoms with E-state index in [0.717, 1.165) is 18.1 Å². The molecule has 0 amide bonds. The summed E-state index contributed by atoms with van der Waals surface area (Å²) in [5.41, 5.74) is -3.28. The van der Waals surface area contributed by atoms with E-state index in [9.17, 15) is 24.9 Å². The van der Waals surface area contributed by atoms with Crippen LogP contribution in [-0.2, 0) is 18.7 Å². The number of benzene rings is 1. The van der Waals surface area contributed by atoms with Gasteiger partial charge in [0.2, 0.25) is 0 Å². The fourth-order valence-corrected chi connectivity index (χ4v) is 11.6. The van der Waals surface area contributed by atoms with Crippen LogP contribution < -0.4 is 0 Å². The number of aliphatic hydroxyl groups excluding tert-OH is 2. The van der Waals surface area contributed by atoms with Gasteiger partial charge in [0.05, 0.1) is 30.5 Å². The second-order valence-electron chi connectivity index (χ2n) is 13.8. The quantitative estimate of drug-likeness (QED) is 0.273. The molecule has 0 spiro atoms. The molecule has 0 aromatic heterocycles. The van der Waals surface area contributed by atoms with Crippen molar-refractivity contribution >= 4 is 20.1 Å². The zero-order valence-corrected chi connectivity index (χ0v) is 32.4. The van der Waals surface area contributed by atoms with Crippen molar-refractivity contribution in [2.24, 2.45) is 22.7 Å². The van der Waals surface area contributed by atoms with Crippen LogP contribution in [0.15, 0.2) is 41.5 Å². The number of fused-ring (bicyclic) bond motifs is 5. The SMILES string of the molecule is CC[Si](CC)(CC)O[C@H]1C[C@H]2OC[C@H]2C2[C@H](OC(=O)c3ccccc3)[C@]3(O)C[C@H](O)C(C)=C(C(=O)[C@@H](O)[C@@]21C)C3(C)C.[Ac]. The molecule has 1 radical (unpaired) electrons. The average Bonchev–Trinajstić information content (AvgIpc) is 2.96. The van der Waals surface area contributed by atoms with Crippen molar-refractivity contribution in [2.45, 2.75) is 116 Å². The Morgan fingerprint density at radius 1 is 1.07 bits per heavy atom. The number of hydrogen-bond donors (Lipinski definition) is 3. The zero-order chi connectivity index (χ0) is 30.8. The molecule has 3 fully saturated rings. The number of hydrogen-bond acceptors (Lipinski definition) is 8. The molecule has 1 aromatic rings. The van der Waals surface area contributed by atoms with Gasteiger partial charge in [0.1, 0.15) is 17.8 Å². The fraction of sp³-hybridized carbons (Fsp3) is 0.697. The van der Waals surface area contributed by atoms with Crippen molar-refractivity contribution in [2.75, 3.05) is 6.61 Å². The average molecular weight is 828 g/mol. The second kappa shape index (κ2) is 12.6. The first-order valence-corrected chi connectivity index (χ1v) is 18.1. The van der Waals surface area contributed by atoms with Gasteiger partial charge in [-0.1, -0.05) is 59.7 Å². The summed E-state index contributed by atoms with van der Waals surface area (Å²) >= 11 is 0. The summed E-state index contributed by atoms with van der Waals surface area (Å²) in [5.74, 6) is -1.96. The smallest absolute Gasteiger partial charge is 0.338 e. The summed E-state index contributed by atoms with van der Waals surface area (Å²) in [6, 6.07) is 11.3. The van der Waals surface area contributed by atoms with E-state index in [2.05, 4.69) is 20.8 Å². The predicted octanol–water partition coefficient (Wildman–Crippen LogP) is 4.43. The first kappa shape index (κ1) is 35.4. The number of carbonyl (C=O) groups excluding carboxylic acids is 2. The Hall–Kier alpha value is -0.442. The van der Waals surface area contributed by atoms with Gasteiger partial charge in [-0.25, -0.2) is 4.79 Å². The number of carbonyl (C=O) groups is 2. The molecule has 1 saturated heterocycles. The molecule has 10 heteroatoms. The third-order valence-electron chi connectivity index (χ3n) is 11.9. The molecule has 235 valence electrons. The normalized spacial score (nSPS) is 38.5. The molecule has 1 heterocycles. The Balaban J connectivity index is 0.00000423. The molecule has 1 aliphatic heterocycles. The van der Waals surface area contributed by atoms with Crippen LogP contribution in [0.1, 0.15) is 71.7 Å². The van der Waals surface area contributed by atoms with E-state index in [0.29, 0.717) is 24.2 Å². The molecular formula is C33H48AcO8Si. The van der Waals surface area contributed by atoms with E-state index in [1.807, 2.05) is 13.0 Å². The van der Waals surface area contributed by atoms with E-state index >= 15 is 0 Å². The summed E-state index contributed by atoms with van der Waals surface area (Å²) in [4.78, 5) is 28.2. The van der Waals surface area contributed by atoms with Crippen LogP contribution in [0, 0.1) is 66.7 Å². The van der Waals surface area contributed by atoms with Crippen LogP contribution in [0.3, 0.4) is 0 Å². The number of rotatable bonds is 7. The van der Waals surface area contributed by atoms with Crippen LogP contribution in [0.2, 0.25) is 18.1 Å². The maximum Gasteiger partial charge on any atom is 0.338 e. The van der Waals surface area contributed by atoms with Crippen molar-refractivity contribution in [3.8, 4) is 0 Å². The minimum absolute atomic E-state index is 0. The molecule has 2 saturated carbocycles. The van der Waals surface area contributed by atoms with Crippen molar-refractivity contribution in [3.05, 3.63) is 47.0 Å². The number of Topliss-reactive ketones (excluding diaryl/α,β-unsaturated/α-hetero) is 1. The molecular weight excluding hydrogens is 779 g/mol. The predicted molar refractivity (Wildman–Crippen MR) is 160 cm³/mol. The molecule has 2 bridgehead atoms. The number of ketones is 1. The van der Waals surface area contributed by atoms with Gasteiger partial charge >= 0.3 is 5.97 Å². The molecule has 1 aromatic carbocycles. The monoisotopic (exact) mass is 827 g/mol. The molecule has 8 nitrogen and oxygen atoms in total. The van der Waals surface area contributed by atoms with Crippen molar-refractivity contribution in [1.82, 2.24) is 0 Å². The van der Waals surface area contributed by atoms with Gasteiger partial charge in [0, 0.05) is 78.7 Å². The van der Waals surface area contributed by atoms with Crippen LogP contribution in [-0.4, -0.2) is 78.1 Å². The van der Waals surface area contributed by atoms with Crippen LogP contribution >= 0.6 is 0 Å². The summed E-state index contributed by atoms with van der Waals surface area (Å²) in [6.45, 7) is 13.8. The van der Waals surface area contributed by atoms with Crippen LogP contribution in [0.25, 0.3) is 0 Å². The third-order valence-corrected chi connectivity index (χ3v) is 16.5. The summed E-state index contributed by atoms with van der Waals surface area (Å²) in [7, 11) is -2.24. The van der Waals surface area contributed by atoms with E-state index in [4.69, 9.17) is 13.9 Å². The molecule has 43 heavy (non-hydrogen) atoms. The van der Waals surface area contributed by atoms with Gasteiger partial charge in [-0.2, -0.15) is 0 Å². The Kier molecular flexibility index (Phi) is 10.4. The molecule has 1 unspecified atom stereocenters. The molecule has 9 atom stereocenters. The Labute approximate surface area is 292 Å². The summed E-state index contributed by atoms with van der Waals surface area (Å²) in [6.07, 6.45) is -4.16. The van der Waals surface area contributed by atoms with Crippen molar-refractivity contribution < 1.29 is 82.9 Å². The molecule has 3 N–H and O–H groups in total. The molecule has 4 aliphatic rings. The fourth-order valence-electron chi connectivity index (χ4n) is 8.65. The maximum absolute atomic E-state index is 14.4. The van der Waals surface area contributed by atoms with E-state index in [-0.39, 0.29) is 68.1 Å². The summed E-state index contributed by atoms with van der Waals surface area (Å²) in [5, 5.41) is 36.3. The minimum Gasteiger partial charge on any atom is -0.455 e. The van der Waals surface area contributed by atoms with E-state index in [1.54, 1.807) is 45.0 Å². The Morgan fingerprint density at radius 2 is 1.67 bits per heavy atom. The second-order valence-corrected chi connectivity index (χ2v) is 18.5. The van der Waals surface area contributed by atoms with Gasteiger partial charge in [0.15, 0.2) is 14.1 Å². The van der Waals surface area contributed by atoms with Gasteiger partial charge in [-0.3, -0.25) is 4.79 Å². The molecule has 5 rings (SSSR count). The first-order chi connectivity index (χ1) is 19.7. The first-order valence-electron chi connectivity index (χ1n) is 15.6. The molecule has 3 aliphatic carbocycles. The van der Waals surface area contributed by atoms with Crippen LogP contribution in [0.4, 0.5) is 0 Å². The van der Waals surface area contributed by atoms with Gasteiger partial charge < -0.3 is 29.2 Å². The summed E-state index contributed by atoms with van der Waals surface area (Å²) < 4.78 is 19.6. The zero-order valence-electron chi connectivity index (χ0n) is 26.6. The van der Waals surface area contributed by atoms with E-state index < -0.39 is 66.8 Å². The van der Waals surface area contributed by atoms with Gasteiger partial charge in [-0.15, -0.1) is 0 Å². The van der Waals surface area contributed by atoms with Crippen molar-refractivity contribution in [3.63, 3.8) is 0 Å². The minimum atomic E-state index is -2.24. The van der Waals surface area contributed by atoms with E-state index in [1.165, 1.54) is 0 Å². The Morgan fingerprint density at radius 3 is 2.21 bits per heavy atom. The standard InChI is InChI=1S/C33H48O8Si.Ac/c1-8-42(9-2,10-3)41-24-16-23-21(18-39-23)26-29(40-30(37)20-14-12-11-13-15-20)33(38)17-22(34)19(4)25(31(33,5)6)27(35)28(36)32(24,26)7;/h11-15,21-24,26,28-29,34,36,38H,8-10,16-18H2,1-7H3;/t21-,22+,23-,24+,26?,28-,29+,32-,33-;/m1./s1.